The molecule has 0 bridgehead atoms. The van der Waals surface area contributed by atoms with Crippen LogP contribution >= 0.6 is 34.8 Å². The van der Waals surface area contributed by atoms with Crippen LogP contribution in [0.25, 0.3) is 0 Å². The van der Waals surface area contributed by atoms with E-state index in [0.29, 0.717) is 11.3 Å². The SMILES string of the molecule is Cc1ccc(C(=O)NC(=S)Nc2cc([N+](=O)[O-])ccc2C)cc1I. The molecule has 2 aromatic carbocycles. The molecule has 1 amide bonds. The number of thiocarbonyl (C=S) groups is 1. The topological polar surface area (TPSA) is 84.3 Å². The normalized spacial score (nSPS) is 10.1. The van der Waals surface area contributed by atoms with Crippen molar-refractivity contribution in [1.29, 1.82) is 0 Å². The molecular formula is C16H14IN3O3S. The van der Waals surface area contributed by atoms with E-state index in [-0.39, 0.29) is 16.7 Å². The number of carbonyl (C=O) groups excluding carboxylic acids is 1. The molecule has 0 aliphatic carbocycles. The quantitative estimate of drug-likeness (QED) is 0.317. The number of rotatable bonds is 3. The Morgan fingerprint density at radius 2 is 1.83 bits per heavy atom. The van der Waals surface area contributed by atoms with Gasteiger partial charge in [0.15, 0.2) is 5.11 Å². The monoisotopic (exact) mass is 455 g/mol. The number of aryl methyl sites for hydroxylation is 2. The van der Waals surface area contributed by atoms with Crippen LogP contribution in [-0.4, -0.2) is 15.9 Å². The van der Waals surface area contributed by atoms with Crippen molar-refractivity contribution in [3.63, 3.8) is 0 Å². The average molecular weight is 455 g/mol. The van der Waals surface area contributed by atoms with E-state index in [1.54, 1.807) is 25.1 Å². The minimum atomic E-state index is -0.486. The number of nitro groups is 1. The molecule has 0 heterocycles. The van der Waals surface area contributed by atoms with Gasteiger partial charge in [-0.25, -0.2) is 0 Å². The van der Waals surface area contributed by atoms with Gasteiger partial charge in [0, 0.05) is 27.0 Å². The van der Waals surface area contributed by atoms with E-state index in [1.807, 2.05) is 13.0 Å². The van der Waals surface area contributed by atoms with Crippen molar-refractivity contribution in [1.82, 2.24) is 5.32 Å². The van der Waals surface area contributed by atoms with E-state index in [1.165, 1.54) is 12.1 Å². The highest BCUT2D eigenvalue weighted by Gasteiger charge is 2.12. The Hall–Kier alpha value is -2.07. The average Bonchev–Trinajstić information content (AvgIpc) is 2.51. The van der Waals surface area contributed by atoms with Crippen molar-refractivity contribution in [2.45, 2.75) is 13.8 Å². The van der Waals surface area contributed by atoms with Crippen LogP contribution in [0.15, 0.2) is 36.4 Å². The van der Waals surface area contributed by atoms with Gasteiger partial charge in [0.25, 0.3) is 11.6 Å². The molecule has 0 radical (unpaired) electrons. The van der Waals surface area contributed by atoms with Crippen molar-refractivity contribution < 1.29 is 9.72 Å². The van der Waals surface area contributed by atoms with Crippen LogP contribution in [0.5, 0.6) is 0 Å². The number of anilines is 1. The molecule has 124 valence electrons. The largest absolute Gasteiger partial charge is 0.332 e. The van der Waals surface area contributed by atoms with Crippen LogP contribution in [0.4, 0.5) is 11.4 Å². The molecule has 2 N–H and O–H groups in total. The minimum Gasteiger partial charge on any atom is -0.332 e. The molecule has 0 fully saturated rings. The van der Waals surface area contributed by atoms with Crippen LogP contribution in [0.1, 0.15) is 21.5 Å². The van der Waals surface area contributed by atoms with E-state index in [9.17, 15) is 14.9 Å². The smallest absolute Gasteiger partial charge is 0.271 e. The molecule has 2 aromatic rings. The second-order valence-corrected chi connectivity index (χ2v) is 6.70. The molecular weight excluding hydrogens is 441 g/mol. The van der Waals surface area contributed by atoms with Gasteiger partial charge in [0.1, 0.15) is 0 Å². The zero-order chi connectivity index (χ0) is 17.9. The van der Waals surface area contributed by atoms with Gasteiger partial charge in [0.2, 0.25) is 0 Å². The summed E-state index contributed by atoms with van der Waals surface area (Å²) < 4.78 is 0.980. The van der Waals surface area contributed by atoms with Crippen molar-refractivity contribution in [3.05, 3.63) is 66.8 Å². The Morgan fingerprint density at radius 1 is 1.17 bits per heavy atom. The lowest BCUT2D eigenvalue weighted by Gasteiger charge is -2.12. The summed E-state index contributed by atoms with van der Waals surface area (Å²) >= 11 is 7.28. The minimum absolute atomic E-state index is 0.0506. The number of benzene rings is 2. The number of halogens is 1. The summed E-state index contributed by atoms with van der Waals surface area (Å²) in [7, 11) is 0. The maximum Gasteiger partial charge on any atom is 0.271 e. The van der Waals surface area contributed by atoms with Gasteiger partial charge in [-0.2, -0.15) is 0 Å². The van der Waals surface area contributed by atoms with E-state index in [4.69, 9.17) is 12.2 Å². The number of non-ortho nitro benzene ring substituents is 1. The number of hydrogen-bond acceptors (Lipinski definition) is 4. The first-order valence-electron chi connectivity index (χ1n) is 6.91. The summed E-state index contributed by atoms with van der Waals surface area (Å²) in [4.78, 5) is 22.6. The number of hydrogen-bond donors (Lipinski definition) is 2. The van der Waals surface area contributed by atoms with Gasteiger partial charge in [-0.1, -0.05) is 12.1 Å². The lowest BCUT2D eigenvalue weighted by Crippen LogP contribution is -2.34. The van der Waals surface area contributed by atoms with Crippen LogP contribution in [0.2, 0.25) is 0 Å². The molecule has 0 spiro atoms. The number of nitrogens with zero attached hydrogens (tertiary/aromatic N) is 1. The highest BCUT2D eigenvalue weighted by molar-refractivity contribution is 14.1. The maximum absolute atomic E-state index is 12.2. The molecule has 0 aliphatic rings. The maximum atomic E-state index is 12.2. The standard InChI is InChI=1S/C16H14IN3O3S/c1-9-3-5-11(7-13(9)17)15(21)19-16(24)18-14-8-12(20(22)23)6-4-10(14)2/h3-8H,1-2H3,(H2,18,19,21,24). The summed E-state index contributed by atoms with van der Waals surface area (Å²) in [6.45, 7) is 3.75. The first kappa shape index (κ1) is 18.3. The number of amides is 1. The summed E-state index contributed by atoms with van der Waals surface area (Å²) in [6.07, 6.45) is 0. The number of nitro benzene ring substituents is 1. The predicted molar refractivity (Wildman–Crippen MR) is 105 cm³/mol. The molecule has 0 saturated heterocycles. The highest BCUT2D eigenvalue weighted by Crippen LogP contribution is 2.21. The summed E-state index contributed by atoms with van der Waals surface area (Å²) in [5.41, 5.74) is 2.78. The molecule has 2 rings (SSSR count). The highest BCUT2D eigenvalue weighted by atomic mass is 127. The van der Waals surface area contributed by atoms with Gasteiger partial charge in [-0.05, 0) is 71.9 Å². The molecule has 0 aliphatic heterocycles. The predicted octanol–water partition coefficient (Wildman–Crippen LogP) is 3.94. The fraction of sp³-hybridized carbons (Fsp3) is 0.125. The van der Waals surface area contributed by atoms with E-state index in [0.717, 1.165) is 14.7 Å². The molecule has 0 unspecified atom stereocenters. The van der Waals surface area contributed by atoms with E-state index < -0.39 is 4.92 Å². The fourth-order valence-corrected chi connectivity index (χ4v) is 2.64. The molecule has 6 nitrogen and oxygen atoms in total. The third-order valence-electron chi connectivity index (χ3n) is 3.34. The third-order valence-corrected chi connectivity index (χ3v) is 4.71. The van der Waals surface area contributed by atoms with Crippen molar-refractivity contribution in [2.75, 3.05) is 5.32 Å². The first-order valence-corrected chi connectivity index (χ1v) is 8.40. The lowest BCUT2D eigenvalue weighted by molar-refractivity contribution is -0.384. The Bertz CT molecular complexity index is 839. The molecule has 0 saturated carbocycles. The van der Waals surface area contributed by atoms with Gasteiger partial charge in [-0.3, -0.25) is 20.2 Å². The lowest BCUT2D eigenvalue weighted by atomic mass is 10.1. The van der Waals surface area contributed by atoms with Gasteiger partial charge in [-0.15, -0.1) is 0 Å². The summed E-state index contributed by atoms with van der Waals surface area (Å²) in [6, 6.07) is 9.75. The molecule has 0 atom stereocenters. The van der Waals surface area contributed by atoms with Gasteiger partial charge in [0.05, 0.1) is 4.92 Å². The zero-order valence-corrected chi connectivity index (χ0v) is 15.9. The second kappa shape index (κ2) is 7.67. The second-order valence-electron chi connectivity index (χ2n) is 5.13. The number of carbonyl (C=O) groups is 1. The summed E-state index contributed by atoms with van der Waals surface area (Å²) in [5.74, 6) is -0.339. The fourth-order valence-electron chi connectivity index (χ4n) is 1.92. The van der Waals surface area contributed by atoms with Crippen molar-refractivity contribution >= 4 is 57.2 Å². The Balaban J connectivity index is 2.10. The molecule has 0 aromatic heterocycles. The van der Waals surface area contributed by atoms with Gasteiger partial charge < -0.3 is 5.32 Å². The first-order chi connectivity index (χ1) is 11.3. The molecule has 8 heteroatoms. The van der Waals surface area contributed by atoms with Gasteiger partial charge >= 0.3 is 0 Å². The molecule has 24 heavy (non-hydrogen) atoms. The van der Waals surface area contributed by atoms with E-state index in [2.05, 4.69) is 33.2 Å². The third kappa shape index (κ3) is 4.48. The summed E-state index contributed by atoms with van der Waals surface area (Å²) in [5, 5.41) is 16.3. The Kier molecular flexibility index (Phi) is 5.84. The Morgan fingerprint density at radius 3 is 2.46 bits per heavy atom. The van der Waals surface area contributed by atoms with Crippen LogP contribution < -0.4 is 10.6 Å². The Labute approximate surface area is 157 Å². The van der Waals surface area contributed by atoms with E-state index >= 15 is 0 Å². The van der Waals surface area contributed by atoms with Crippen molar-refractivity contribution in [3.8, 4) is 0 Å². The van der Waals surface area contributed by atoms with Crippen LogP contribution in [0.3, 0.4) is 0 Å². The van der Waals surface area contributed by atoms with Crippen molar-refractivity contribution in [2.24, 2.45) is 0 Å². The van der Waals surface area contributed by atoms with Crippen LogP contribution in [0, 0.1) is 27.5 Å². The number of nitrogens with one attached hydrogen (secondary N) is 2. The van der Waals surface area contributed by atoms with Crippen LogP contribution in [-0.2, 0) is 0 Å². The zero-order valence-electron chi connectivity index (χ0n) is 12.9.